The average molecular weight is 273 g/mol. The second-order valence-corrected chi connectivity index (χ2v) is 4.36. The average Bonchev–Trinajstić information content (AvgIpc) is 2.47. The molecule has 1 heterocycles. The summed E-state index contributed by atoms with van der Waals surface area (Å²) in [5, 5.41) is 0. The zero-order valence-electron chi connectivity index (χ0n) is 13.4. The normalized spacial score (nSPS) is 12.3. The summed E-state index contributed by atoms with van der Waals surface area (Å²) in [6.45, 7) is 2.78. The predicted octanol–water partition coefficient (Wildman–Crippen LogP) is 0.792. The van der Waals surface area contributed by atoms with Crippen molar-refractivity contribution in [2.24, 2.45) is 0 Å². The molecule has 0 aliphatic rings. The van der Waals surface area contributed by atoms with Crippen LogP contribution in [0, 0.1) is 0 Å². The van der Waals surface area contributed by atoms with E-state index in [1.807, 2.05) is 6.92 Å². The molecular weight excluding hydrogens is 246 g/mol. The minimum absolute atomic E-state index is 0.118. The molecule has 0 fully saturated rings. The van der Waals surface area contributed by atoms with Gasteiger partial charge in [-0.05, 0) is 19.3 Å². The first-order valence-corrected chi connectivity index (χ1v) is 6.61. The fourth-order valence-electron chi connectivity index (χ4n) is 1.89. The Morgan fingerprint density at radius 1 is 0.789 bits per heavy atom. The van der Waals surface area contributed by atoms with E-state index in [1.165, 1.54) is 0 Å². The lowest BCUT2D eigenvalue weighted by atomic mass is 10.3. The molecule has 0 atom stereocenters. The lowest BCUT2D eigenvalue weighted by Crippen LogP contribution is -2.54. The summed E-state index contributed by atoms with van der Waals surface area (Å²) < 4.78 is 17.5. The number of hydrogen-bond donors (Lipinski definition) is 0. The number of hydrogen-bond acceptors (Lipinski definition) is 3. The van der Waals surface area contributed by atoms with Crippen LogP contribution in [0.5, 0.6) is 0 Å². The van der Waals surface area contributed by atoms with Gasteiger partial charge in [0.05, 0.1) is 0 Å². The number of rotatable bonds is 7. The highest BCUT2D eigenvalue weighted by Gasteiger charge is 2.13. The molecule has 19 heavy (non-hydrogen) atoms. The molecule has 1 aromatic rings. The van der Waals surface area contributed by atoms with Crippen molar-refractivity contribution >= 4 is 0 Å². The first-order valence-electron chi connectivity index (χ1n) is 8.02. The van der Waals surface area contributed by atoms with Crippen molar-refractivity contribution in [1.29, 1.82) is 0 Å². The van der Waals surface area contributed by atoms with Crippen LogP contribution in [0.3, 0.4) is 0 Å². The van der Waals surface area contributed by atoms with E-state index >= 15 is 0 Å². The van der Waals surface area contributed by atoms with Gasteiger partial charge >= 0.3 is 17.1 Å². The molecule has 0 saturated carbocycles. The van der Waals surface area contributed by atoms with Gasteiger partial charge < -0.3 is 0 Å². The van der Waals surface area contributed by atoms with Crippen LogP contribution >= 0.6 is 0 Å². The highest BCUT2D eigenvalue weighted by molar-refractivity contribution is 4.79. The van der Waals surface area contributed by atoms with E-state index in [0.717, 1.165) is 20.1 Å². The fourth-order valence-corrected chi connectivity index (χ4v) is 1.89. The Kier molecular flexibility index (Phi) is 4.66. The van der Waals surface area contributed by atoms with Gasteiger partial charge in [0.15, 0.2) is 0 Å². The zero-order chi connectivity index (χ0) is 15.8. The summed E-state index contributed by atoms with van der Waals surface area (Å²) >= 11 is 0. The molecule has 0 amide bonds. The Balaban J connectivity index is 3.39. The third-order valence-electron chi connectivity index (χ3n) is 2.88. The molecule has 108 valence electrons. The lowest BCUT2D eigenvalue weighted by molar-refractivity contribution is 0.433. The van der Waals surface area contributed by atoms with E-state index in [9.17, 15) is 14.4 Å². The minimum Gasteiger partial charge on any atom is -0.247 e. The second-order valence-electron chi connectivity index (χ2n) is 4.36. The molecule has 0 saturated heterocycles. The Morgan fingerprint density at radius 2 is 1.21 bits per heavy atom. The number of aromatic nitrogens is 3. The fraction of sp³-hybridized carbons (Fsp3) is 0.769. The van der Waals surface area contributed by atoms with Crippen LogP contribution < -0.4 is 17.1 Å². The number of nitrogens with zero attached hydrogens (tertiary/aromatic N) is 3. The Labute approximate surface area is 115 Å². The van der Waals surface area contributed by atoms with Crippen molar-refractivity contribution in [2.75, 3.05) is 0 Å². The van der Waals surface area contributed by atoms with Crippen LogP contribution in [-0.4, -0.2) is 13.7 Å². The summed E-state index contributed by atoms with van der Waals surface area (Å²) in [5.74, 6) is 0. The molecule has 0 aliphatic carbocycles. The molecule has 0 spiro atoms. The highest BCUT2D eigenvalue weighted by Crippen LogP contribution is 1.89. The Hall–Kier alpha value is -1.59. The molecule has 0 N–H and O–H groups in total. The van der Waals surface area contributed by atoms with Crippen LogP contribution in [0.15, 0.2) is 14.4 Å². The highest BCUT2D eigenvalue weighted by atomic mass is 16.2. The summed E-state index contributed by atoms with van der Waals surface area (Å²) in [6.07, 6.45) is 2.30. The van der Waals surface area contributed by atoms with E-state index in [0.29, 0.717) is 19.3 Å². The summed E-state index contributed by atoms with van der Waals surface area (Å²) in [5.41, 5.74) is -1.80. The van der Waals surface area contributed by atoms with Crippen LogP contribution in [0.25, 0.3) is 0 Å². The van der Waals surface area contributed by atoms with Crippen molar-refractivity contribution in [3.63, 3.8) is 0 Å². The van der Waals surface area contributed by atoms with Crippen molar-refractivity contribution in [2.45, 2.75) is 66.0 Å². The van der Waals surface area contributed by atoms with Gasteiger partial charge in [-0.2, -0.15) is 0 Å². The molecule has 6 heteroatoms. The number of unbranched alkanes of at least 4 members (excludes halogenated alkanes) is 1. The molecule has 1 aromatic heterocycles. The maximum Gasteiger partial charge on any atom is 0.336 e. The van der Waals surface area contributed by atoms with Gasteiger partial charge in [-0.3, -0.25) is 0 Å². The van der Waals surface area contributed by atoms with E-state index in [1.54, 1.807) is 0 Å². The van der Waals surface area contributed by atoms with Gasteiger partial charge in [0.2, 0.25) is 0 Å². The van der Waals surface area contributed by atoms with Gasteiger partial charge in [-0.1, -0.05) is 27.1 Å². The molecule has 0 unspecified atom stereocenters. The molecule has 0 aromatic carbocycles. The third-order valence-corrected chi connectivity index (χ3v) is 2.88. The first kappa shape index (κ1) is 12.4. The van der Waals surface area contributed by atoms with Crippen LogP contribution in [-0.2, 0) is 19.6 Å². The maximum absolute atomic E-state index is 12.3. The van der Waals surface area contributed by atoms with Gasteiger partial charge in [0, 0.05) is 22.4 Å². The largest absolute Gasteiger partial charge is 0.336 e. The van der Waals surface area contributed by atoms with Gasteiger partial charge in [0.25, 0.3) is 0 Å². The second kappa shape index (κ2) is 7.11. The molecule has 1 rings (SSSR count). The van der Waals surface area contributed by atoms with E-state index in [-0.39, 0.29) is 33.4 Å². The van der Waals surface area contributed by atoms with Crippen LogP contribution in [0.1, 0.15) is 49.1 Å². The smallest absolute Gasteiger partial charge is 0.247 e. The molecule has 6 nitrogen and oxygen atoms in total. The molecular formula is C13H23N3O3. The molecule has 0 bridgehead atoms. The predicted molar refractivity (Wildman–Crippen MR) is 74.7 cm³/mol. The third kappa shape index (κ3) is 3.24. The summed E-state index contributed by atoms with van der Waals surface area (Å²) in [7, 11) is 0. The summed E-state index contributed by atoms with van der Waals surface area (Å²) in [4.78, 5) is 36.8. The quantitative estimate of drug-likeness (QED) is 0.738. The summed E-state index contributed by atoms with van der Waals surface area (Å²) in [6, 6.07) is 0. The monoisotopic (exact) mass is 273 g/mol. The Morgan fingerprint density at radius 3 is 1.58 bits per heavy atom. The minimum atomic E-state index is -0.625. The van der Waals surface area contributed by atoms with Crippen molar-refractivity contribution < 1.29 is 2.74 Å². The van der Waals surface area contributed by atoms with Crippen LogP contribution in [0.4, 0.5) is 0 Å². The SMILES string of the molecule is [3H]CCCn1c(=O)n(CCC[3H])c(=O)n(CCCC)c1=O. The van der Waals surface area contributed by atoms with Gasteiger partial charge in [-0.15, -0.1) is 0 Å². The maximum atomic E-state index is 12.3. The zero-order valence-corrected chi connectivity index (χ0v) is 11.4. The van der Waals surface area contributed by atoms with Crippen molar-refractivity contribution in [3.05, 3.63) is 31.5 Å². The lowest BCUT2D eigenvalue weighted by Gasteiger charge is -2.12. The Bertz CT molecular complexity index is 503. The standard InChI is InChI=1S/C13H23N3O3/c1-4-7-10-16-12(18)14(8-5-2)11(17)15(9-6-3)13(16)19/h4-10H2,1-3H3/i2T,3T. The van der Waals surface area contributed by atoms with Crippen molar-refractivity contribution in [3.8, 4) is 0 Å². The van der Waals surface area contributed by atoms with Gasteiger partial charge in [0.1, 0.15) is 0 Å². The molecule has 0 aliphatic heterocycles. The first-order chi connectivity index (χ1) is 10.1. The topological polar surface area (TPSA) is 66.0 Å². The van der Waals surface area contributed by atoms with Crippen LogP contribution in [0.2, 0.25) is 0 Å². The van der Waals surface area contributed by atoms with Gasteiger partial charge in [-0.25, -0.2) is 28.1 Å². The molecule has 0 radical (unpaired) electrons. The van der Waals surface area contributed by atoms with Crippen molar-refractivity contribution in [1.82, 2.24) is 13.7 Å². The van der Waals surface area contributed by atoms with E-state index < -0.39 is 17.1 Å². The van der Waals surface area contributed by atoms with E-state index in [4.69, 9.17) is 2.74 Å². The van der Waals surface area contributed by atoms with E-state index in [2.05, 4.69) is 0 Å².